The molecule has 34 valence electrons. The molecule has 0 bridgehead atoms. The van der Waals surface area contributed by atoms with Gasteiger partial charge in [0.25, 0.3) is 0 Å². The van der Waals surface area contributed by atoms with Crippen LogP contribution in [0.1, 0.15) is 16.2 Å². The van der Waals surface area contributed by atoms with Crippen molar-refractivity contribution in [3.05, 3.63) is 0 Å². The predicted octanol–water partition coefficient (Wildman–Crippen LogP) is 1.45. The third-order valence-corrected chi connectivity index (χ3v) is 0.204. The molecule has 0 aromatic carbocycles. The number of rotatable bonds is 0. The van der Waals surface area contributed by atoms with Gasteiger partial charge in [-0.3, -0.25) is 0 Å². The first-order valence-electron chi connectivity index (χ1n) is 1.35. The minimum absolute atomic E-state index is 0. The van der Waals surface area contributed by atoms with E-state index in [1.54, 1.807) is 0 Å². The smallest absolute Gasteiger partial charge is 1.00 e. The van der Waals surface area contributed by atoms with Gasteiger partial charge in [-0.05, 0) is 0 Å². The Hall–Kier alpha value is 0.806. The van der Waals surface area contributed by atoms with Gasteiger partial charge >= 0.3 is 23.1 Å². The summed E-state index contributed by atoms with van der Waals surface area (Å²) in [4.78, 5) is 0. The average Bonchev–Trinajstić information content (AvgIpc) is 1.37. The summed E-state index contributed by atoms with van der Waals surface area (Å²) in [6.07, 6.45) is 5.62. The van der Waals surface area contributed by atoms with Gasteiger partial charge < -0.3 is 2.85 Å². The Morgan fingerprint density at radius 2 is 2.00 bits per heavy atom. The minimum Gasteiger partial charge on any atom is -1.00 e. The first-order chi connectivity index (χ1) is 1.91. The van der Waals surface area contributed by atoms with Gasteiger partial charge in [0.1, 0.15) is 0 Å². The molecule has 0 saturated heterocycles. The molecule has 0 nitrogen and oxygen atoms in total. The molecule has 0 heterocycles. The average molecular weight is 161 g/mol. The van der Waals surface area contributed by atoms with E-state index in [2.05, 4.69) is 5.92 Å². The van der Waals surface area contributed by atoms with Crippen LogP contribution in [0, 0.1) is 12.3 Å². The van der Waals surface area contributed by atoms with Gasteiger partial charge in [0.15, 0.2) is 0 Å². The molecule has 0 atom stereocenters. The molecule has 0 aliphatic heterocycles. The van der Waals surface area contributed by atoms with Crippen molar-refractivity contribution in [1.29, 1.82) is 0 Å². The molecule has 0 radical (unpaired) electrons. The second-order valence-corrected chi connectivity index (χ2v) is 0.558. The molecular weight excluding hydrogens is 152 g/mol. The Bertz CT molecular complexity index is 43.8. The zero-order chi connectivity index (χ0) is 3.41. The van der Waals surface area contributed by atoms with Gasteiger partial charge in [-0.1, -0.05) is 6.92 Å². The standard InChI is InChI=1S/C4H6.BrH.Mg.2H/c1-3-4-2;;;;/h1H,4H2,2H3;1H;;;/q;;+2;2*-1. The van der Waals surface area contributed by atoms with Crippen molar-refractivity contribution in [2.75, 3.05) is 0 Å². The third kappa shape index (κ3) is 21.3. The largest absolute Gasteiger partial charge is 2.00 e. The number of hydrogen-bond acceptors (Lipinski definition) is 0. The van der Waals surface area contributed by atoms with Crippen LogP contribution in [0.3, 0.4) is 0 Å². The fourth-order valence-electron chi connectivity index (χ4n) is 0. The van der Waals surface area contributed by atoms with E-state index in [9.17, 15) is 0 Å². The van der Waals surface area contributed by atoms with Gasteiger partial charge in [-0.2, -0.15) is 0 Å². The van der Waals surface area contributed by atoms with Gasteiger partial charge in [-0.25, -0.2) is 0 Å². The Balaban J connectivity index is -0.00000000750. The van der Waals surface area contributed by atoms with E-state index in [0.717, 1.165) is 6.42 Å². The molecule has 0 rings (SSSR count). The van der Waals surface area contributed by atoms with E-state index in [4.69, 9.17) is 6.42 Å². The summed E-state index contributed by atoms with van der Waals surface area (Å²) in [5.74, 6) is 2.43. The fourth-order valence-corrected chi connectivity index (χ4v) is 0. The zero-order valence-electron chi connectivity index (χ0n) is 5.90. The summed E-state index contributed by atoms with van der Waals surface area (Å²) < 4.78 is 0. The third-order valence-electron chi connectivity index (χ3n) is 0.204. The Kier molecular flexibility index (Phi) is 45.0. The van der Waals surface area contributed by atoms with Crippen LogP contribution in [0.5, 0.6) is 0 Å². The van der Waals surface area contributed by atoms with Gasteiger partial charge in [0, 0.05) is 6.42 Å². The molecule has 0 aromatic heterocycles. The maximum Gasteiger partial charge on any atom is 2.00 e. The van der Waals surface area contributed by atoms with Crippen molar-refractivity contribution in [1.82, 2.24) is 0 Å². The normalized spacial score (nSPS) is 3.33. The quantitative estimate of drug-likeness (QED) is 0.373. The molecule has 0 unspecified atom stereocenters. The molecule has 0 fully saturated rings. The molecule has 0 aromatic rings. The van der Waals surface area contributed by atoms with Crippen molar-refractivity contribution in [2.45, 2.75) is 13.3 Å². The summed E-state index contributed by atoms with van der Waals surface area (Å²) in [7, 11) is 0. The van der Waals surface area contributed by atoms with E-state index >= 15 is 0 Å². The van der Waals surface area contributed by atoms with Crippen LogP contribution in [0.15, 0.2) is 0 Å². The van der Waals surface area contributed by atoms with E-state index in [-0.39, 0.29) is 42.9 Å². The maximum atomic E-state index is 4.78. The maximum absolute atomic E-state index is 4.78. The number of terminal acetylenes is 1. The van der Waals surface area contributed by atoms with Crippen molar-refractivity contribution < 1.29 is 2.85 Å². The fraction of sp³-hybridized carbons (Fsp3) is 0.500. The summed E-state index contributed by atoms with van der Waals surface area (Å²) in [5.41, 5.74) is 0. The van der Waals surface area contributed by atoms with Crippen LogP contribution < -0.4 is 0 Å². The molecule has 0 aliphatic rings. The van der Waals surface area contributed by atoms with Crippen LogP contribution >= 0.6 is 17.0 Å². The summed E-state index contributed by atoms with van der Waals surface area (Å²) >= 11 is 0. The summed E-state index contributed by atoms with van der Waals surface area (Å²) in [6.45, 7) is 1.94. The molecule has 0 saturated carbocycles. The second-order valence-electron chi connectivity index (χ2n) is 0.558. The van der Waals surface area contributed by atoms with Crippen molar-refractivity contribution >= 4 is 40.0 Å². The van der Waals surface area contributed by atoms with Crippen molar-refractivity contribution in [3.8, 4) is 12.3 Å². The zero-order valence-corrected chi connectivity index (χ0v) is 7.03. The SMILES string of the molecule is Br.C#CCC.[H-].[H-].[Mg+2]. The monoisotopic (exact) mass is 160 g/mol. The first-order valence-corrected chi connectivity index (χ1v) is 1.35. The molecule has 0 amide bonds. The number of hydrogen-bond donors (Lipinski definition) is 0. The van der Waals surface area contributed by atoms with Gasteiger partial charge in [0.2, 0.25) is 0 Å². The topological polar surface area (TPSA) is 0 Å². The van der Waals surface area contributed by atoms with E-state index in [1.807, 2.05) is 6.92 Å². The minimum atomic E-state index is 0. The van der Waals surface area contributed by atoms with Crippen LogP contribution in [0.25, 0.3) is 0 Å². The van der Waals surface area contributed by atoms with Gasteiger partial charge in [-0.15, -0.1) is 29.3 Å². The van der Waals surface area contributed by atoms with Crippen LogP contribution in [0.2, 0.25) is 0 Å². The summed E-state index contributed by atoms with van der Waals surface area (Å²) in [5, 5.41) is 0. The summed E-state index contributed by atoms with van der Waals surface area (Å²) in [6, 6.07) is 0. The second kappa shape index (κ2) is 17.0. The molecule has 0 N–H and O–H groups in total. The van der Waals surface area contributed by atoms with Crippen LogP contribution in [0.4, 0.5) is 0 Å². The Labute approximate surface area is 68.6 Å². The molecule has 0 aliphatic carbocycles. The molecule has 2 heteroatoms. The Morgan fingerprint density at radius 3 is 2.00 bits per heavy atom. The van der Waals surface area contributed by atoms with Crippen molar-refractivity contribution in [3.63, 3.8) is 0 Å². The van der Waals surface area contributed by atoms with E-state index < -0.39 is 0 Å². The van der Waals surface area contributed by atoms with E-state index in [0.29, 0.717) is 0 Å². The molecule has 6 heavy (non-hydrogen) atoms. The first kappa shape index (κ1) is 15.8. The van der Waals surface area contributed by atoms with Crippen molar-refractivity contribution in [2.24, 2.45) is 0 Å². The number of halogens is 1. The van der Waals surface area contributed by atoms with E-state index in [1.165, 1.54) is 0 Å². The molecule has 0 spiro atoms. The Morgan fingerprint density at radius 1 is 1.83 bits per heavy atom. The predicted molar refractivity (Wildman–Crippen MR) is 37.4 cm³/mol. The molecular formula is C4H9BrMg. The van der Waals surface area contributed by atoms with Crippen LogP contribution in [-0.2, 0) is 0 Å². The van der Waals surface area contributed by atoms with Crippen LogP contribution in [-0.4, -0.2) is 23.1 Å². The van der Waals surface area contributed by atoms with Gasteiger partial charge in [0.05, 0.1) is 0 Å².